The molecule has 6 nitrogen and oxygen atoms in total. The van der Waals surface area contributed by atoms with E-state index >= 15 is 0 Å². The monoisotopic (exact) mass is 444 g/mol. The first-order chi connectivity index (χ1) is 14.2. The summed E-state index contributed by atoms with van der Waals surface area (Å²) in [7, 11) is -2.48. The van der Waals surface area contributed by atoms with Crippen LogP contribution in [0.2, 0.25) is 0 Å². The Morgan fingerprint density at radius 2 is 1.73 bits per heavy atom. The van der Waals surface area contributed by atoms with Crippen LogP contribution in [0.15, 0.2) is 53.4 Å². The van der Waals surface area contributed by atoms with Gasteiger partial charge in [0.25, 0.3) is 0 Å². The summed E-state index contributed by atoms with van der Waals surface area (Å²) in [5, 5.41) is 0. The lowest BCUT2D eigenvalue weighted by Crippen LogP contribution is -2.36. The minimum Gasteiger partial charge on any atom is -0.497 e. The highest BCUT2D eigenvalue weighted by Gasteiger charge is 2.32. The number of methoxy groups -OCH3 is 1. The number of rotatable bonds is 8. The molecule has 1 aliphatic rings. The second kappa shape index (κ2) is 9.23. The highest BCUT2D eigenvalue weighted by atomic mass is 32.2. The molecule has 0 saturated carbocycles. The molecule has 1 heterocycles. The van der Waals surface area contributed by atoms with E-state index in [0.717, 1.165) is 43.6 Å². The number of sulfonamides is 1. The van der Waals surface area contributed by atoms with Crippen molar-refractivity contribution in [2.24, 2.45) is 0 Å². The highest BCUT2D eigenvalue weighted by Crippen LogP contribution is 2.28. The maximum Gasteiger partial charge on any atom is 0.573 e. The fraction of sp³-hybridized carbons (Fsp3) is 0.400. The van der Waals surface area contributed by atoms with Crippen molar-refractivity contribution < 1.29 is 31.1 Å². The van der Waals surface area contributed by atoms with E-state index in [2.05, 4.69) is 14.4 Å². The van der Waals surface area contributed by atoms with Crippen molar-refractivity contribution in [3.05, 3.63) is 54.1 Å². The van der Waals surface area contributed by atoms with Crippen molar-refractivity contribution in [2.45, 2.75) is 30.1 Å². The summed E-state index contributed by atoms with van der Waals surface area (Å²) < 4.78 is 74.4. The van der Waals surface area contributed by atoms with Crippen molar-refractivity contribution in [1.29, 1.82) is 0 Å². The molecule has 10 heteroatoms. The summed E-state index contributed by atoms with van der Waals surface area (Å²) in [4.78, 5) is 1.88. The molecule has 0 amide bonds. The molecular weight excluding hydrogens is 421 g/mol. The van der Waals surface area contributed by atoms with Gasteiger partial charge < -0.3 is 9.47 Å². The first kappa shape index (κ1) is 22.4. The van der Waals surface area contributed by atoms with Crippen molar-refractivity contribution in [3.63, 3.8) is 0 Å². The highest BCUT2D eigenvalue weighted by molar-refractivity contribution is 7.89. The Balaban J connectivity index is 1.79. The minimum absolute atomic E-state index is 0.0693. The molecule has 0 spiro atoms. The SMILES string of the molecule is COc1cccc(C(CNS(=O)(=O)c2cccc(OC(F)(F)F)c2)N2CCCC2)c1. The van der Waals surface area contributed by atoms with Gasteiger partial charge in [-0.2, -0.15) is 0 Å². The number of alkyl halides is 3. The number of nitrogens with zero attached hydrogens (tertiary/aromatic N) is 1. The molecular formula is C20H23F3N2O4S. The summed E-state index contributed by atoms with van der Waals surface area (Å²) in [6.45, 7) is 1.73. The van der Waals surface area contributed by atoms with E-state index in [1.54, 1.807) is 13.2 Å². The summed E-state index contributed by atoms with van der Waals surface area (Å²) in [5.41, 5.74) is 0.896. The Hall–Kier alpha value is -2.30. The van der Waals surface area contributed by atoms with Crippen LogP contribution in [0, 0.1) is 0 Å². The van der Waals surface area contributed by atoms with Gasteiger partial charge in [-0.15, -0.1) is 13.2 Å². The zero-order valence-electron chi connectivity index (χ0n) is 16.4. The number of benzene rings is 2. The summed E-state index contributed by atoms with van der Waals surface area (Å²) in [5.74, 6) is 0.0748. The molecule has 2 aromatic carbocycles. The van der Waals surface area contributed by atoms with Crippen LogP contribution in [0.3, 0.4) is 0 Å². The van der Waals surface area contributed by atoms with Gasteiger partial charge in [0.15, 0.2) is 0 Å². The topological polar surface area (TPSA) is 67.9 Å². The lowest BCUT2D eigenvalue weighted by atomic mass is 10.1. The maximum absolute atomic E-state index is 12.7. The standard InChI is InChI=1S/C20H23F3N2O4S/c1-28-16-7-4-6-15(12-16)19(25-10-2-3-11-25)14-24-30(26,27)18-9-5-8-17(13-18)29-20(21,22)23/h4-9,12-13,19,24H,2-3,10-11,14H2,1H3. The number of ether oxygens (including phenoxy) is 2. The molecule has 0 radical (unpaired) electrons. The van der Waals surface area contributed by atoms with Crippen LogP contribution in [0.5, 0.6) is 11.5 Å². The quantitative estimate of drug-likeness (QED) is 0.673. The molecule has 0 aromatic heterocycles. The fourth-order valence-corrected chi connectivity index (χ4v) is 4.54. The number of likely N-dealkylation sites (tertiary alicyclic amines) is 1. The summed E-state index contributed by atoms with van der Waals surface area (Å²) in [6.07, 6.45) is -2.86. The van der Waals surface area contributed by atoms with Gasteiger partial charge >= 0.3 is 6.36 Å². The van der Waals surface area contributed by atoms with Crippen LogP contribution >= 0.6 is 0 Å². The summed E-state index contributed by atoms with van der Waals surface area (Å²) in [6, 6.07) is 11.5. The van der Waals surface area contributed by atoms with E-state index in [4.69, 9.17) is 4.74 Å². The van der Waals surface area contributed by atoms with Crippen LogP contribution in [0.25, 0.3) is 0 Å². The maximum atomic E-state index is 12.7. The predicted octanol–water partition coefficient (Wildman–Crippen LogP) is 3.71. The third kappa shape index (κ3) is 5.87. The molecule has 1 atom stereocenters. The van der Waals surface area contributed by atoms with Gasteiger partial charge in [-0.25, -0.2) is 13.1 Å². The molecule has 1 fully saturated rings. The molecule has 30 heavy (non-hydrogen) atoms. The van der Waals surface area contributed by atoms with Crippen molar-refractivity contribution in [3.8, 4) is 11.5 Å². The van der Waals surface area contributed by atoms with Crippen LogP contribution < -0.4 is 14.2 Å². The number of hydrogen-bond acceptors (Lipinski definition) is 5. The first-order valence-corrected chi connectivity index (χ1v) is 10.9. The Morgan fingerprint density at radius 3 is 2.40 bits per heavy atom. The van der Waals surface area contributed by atoms with E-state index in [-0.39, 0.29) is 17.5 Å². The molecule has 2 aromatic rings. The average Bonchev–Trinajstić information content (AvgIpc) is 3.21. The lowest BCUT2D eigenvalue weighted by Gasteiger charge is -2.28. The van der Waals surface area contributed by atoms with E-state index in [1.165, 1.54) is 12.1 Å². The van der Waals surface area contributed by atoms with Crippen LogP contribution in [-0.4, -0.2) is 46.4 Å². The van der Waals surface area contributed by atoms with Crippen molar-refractivity contribution in [2.75, 3.05) is 26.7 Å². The van der Waals surface area contributed by atoms with E-state index in [9.17, 15) is 21.6 Å². The second-order valence-electron chi connectivity index (χ2n) is 6.91. The van der Waals surface area contributed by atoms with Gasteiger partial charge in [0.05, 0.1) is 12.0 Å². The zero-order valence-corrected chi connectivity index (χ0v) is 17.2. The third-order valence-electron chi connectivity index (χ3n) is 4.88. The Labute approximate surface area is 173 Å². The predicted molar refractivity (Wildman–Crippen MR) is 105 cm³/mol. The third-order valence-corrected chi connectivity index (χ3v) is 6.30. The Morgan fingerprint density at radius 1 is 1.07 bits per heavy atom. The number of halogens is 3. The Kier molecular flexibility index (Phi) is 6.89. The van der Waals surface area contributed by atoms with Gasteiger partial charge in [0, 0.05) is 18.7 Å². The lowest BCUT2D eigenvalue weighted by molar-refractivity contribution is -0.274. The molecule has 1 unspecified atom stereocenters. The molecule has 0 aliphatic carbocycles. The van der Waals surface area contributed by atoms with Gasteiger partial charge in [-0.1, -0.05) is 18.2 Å². The zero-order chi connectivity index (χ0) is 21.8. The van der Waals surface area contributed by atoms with Crippen LogP contribution in [0.4, 0.5) is 13.2 Å². The van der Waals surface area contributed by atoms with Crippen LogP contribution in [0.1, 0.15) is 24.4 Å². The number of nitrogens with one attached hydrogen (secondary N) is 1. The molecule has 0 bridgehead atoms. The van der Waals surface area contributed by atoms with E-state index < -0.39 is 22.1 Å². The van der Waals surface area contributed by atoms with Gasteiger partial charge in [0.2, 0.25) is 10.0 Å². The fourth-order valence-electron chi connectivity index (χ4n) is 3.47. The number of hydrogen-bond donors (Lipinski definition) is 1. The van der Waals surface area contributed by atoms with Gasteiger partial charge in [-0.05, 0) is 55.8 Å². The minimum atomic E-state index is -4.90. The van der Waals surface area contributed by atoms with Crippen molar-refractivity contribution in [1.82, 2.24) is 9.62 Å². The largest absolute Gasteiger partial charge is 0.573 e. The van der Waals surface area contributed by atoms with Gasteiger partial charge in [-0.3, -0.25) is 4.90 Å². The molecule has 1 saturated heterocycles. The molecule has 1 aliphatic heterocycles. The van der Waals surface area contributed by atoms with Crippen LogP contribution in [-0.2, 0) is 10.0 Å². The smallest absolute Gasteiger partial charge is 0.497 e. The molecule has 1 N–H and O–H groups in total. The molecule has 164 valence electrons. The normalized spacial score (nSPS) is 16.4. The Bertz CT molecular complexity index is 961. The van der Waals surface area contributed by atoms with Gasteiger partial charge in [0.1, 0.15) is 11.5 Å². The van der Waals surface area contributed by atoms with Crippen molar-refractivity contribution >= 4 is 10.0 Å². The summed E-state index contributed by atoms with van der Waals surface area (Å²) >= 11 is 0. The van der Waals surface area contributed by atoms with E-state index in [1.807, 2.05) is 18.2 Å². The second-order valence-corrected chi connectivity index (χ2v) is 8.68. The van der Waals surface area contributed by atoms with E-state index in [0.29, 0.717) is 5.75 Å². The average molecular weight is 444 g/mol. The molecule has 3 rings (SSSR count). The first-order valence-electron chi connectivity index (χ1n) is 9.41.